The molecule has 0 spiro atoms. The topological polar surface area (TPSA) is 41.6 Å². The summed E-state index contributed by atoms with van der Waals surface area (Å²) in [6.07, 6.45) is 3.40. The maximum absolute atomic E-state index is 11.7. The van der Waals surface area contributed by atoms with Crippen molar-refractivity contribution in [3.8, 4) is 0 Å². The predicted octanol–water partition coefficient (Wildman–Crippen LogP) is -0.0159. The van der Waals surface area contributed by atoms with Crippen LogP contribution in [0, 0.1) is 0 Å². The number of ether oxygens (including phenoxy) is 1. The Labute approximate surface area is 84.6 Å². The van der Waals surface area contributed by atoms with E-state index in [0.29, 0.717) is 12.6 Å². The van der Waals surface area contributed by atoms with Crippen LogP contribution in [-0.2, 0) is 9.53 Å². The van der Waals surface area contributed by atoms with Crippen molar-refractivity contribution >= 4 is 5.91 Å². The molecule has 0 radical (unpaired) electrons. The van der Waals surface area contributed by atoms with E-state index in [4.69, 9.17) is 4.74 Å². The summed E-state index contributed by atoms with van der Waals surface area (Å²) in [4.78, 5) is 13.9. The Morgan fingerprint density at radius 3 is 3.00 bits per heavy atom. The van der Waals surface area contributed by atoms with Crippen molar-refractivity contribution in [3.63, 3.8) is 0 Å². The lowest BCUT2D eigenvalue weighted by atomic mass is 9.94. The second kappa shape index (κ2) is 3.87. The molecule has 0 aliphatic carbocycles. The molecule has 2 aliphatic heterocycles. The van der Waals surface area contributed by atoms with Crippen LogP contribution in [0.3, 0.4) is 0 Å². The zero-order valence-electron chi connectivity index (χ0n) is 8.82. The third-order valence-corrected chi connectivity index (χ3v) is 3.50. The molecule has 4 heteroatoms. The van der Waals surface area contributed by atoms with Crippen molar-refractivity contribution in [1.29, 1.82) is 0 Å². The van der Waals surface area contributed by atoms with Gasteiger partial charge in [-0.1, -0.05) is 0 Å². The maximum atomic E-state index is 11.7. The summed E-state index contributed by atoms with van der Waals surface area (Å²) in [6.45, 7) is 0.654. The molecule has 2 saturated heterocycles. The zero-order valence-corrected chi connectivity index (χ0v) is 8.82. The molecule has 2 bridgehead atoms. The minimum absolute atomic E-state index is 0.0638. The molecule has 2 aliphatic rings. The number of amides is 1. The van der Waals surface area contributed by atoms with Gasteiger partial charge in [0.25, 0.3) is 0 Å². The number of hydrogen-bond donors (Lipinski definition) is 1. The first kappa shape index (κ1) is 9.93. The van der Waals surface area contributed by atoms with Crippen LogP contribution in [0.1, 0.15) is 19.3 Å². The number of fused-ring (bicyclic) bond motifs is 2. The van der Waals surface area contributed by atoms with Crippen molar-refractivity contribution in [2.24, 2.45) is 0 Å². The number of methoxy groups -OCH3 is 1. The lowest BCUT2D eigenvalue weighted by Gasteiger charge is -2.38. The Hall–Kier alpha value is -0.610. The molecule has 1 amide bonds. The van der Waals surface area contributed by atoms with Crippen molar-refractivity contribution in [2.75, 3.05) is 20.7 Å². The van der Waals surface area contributed by atoms with Crippen LogP contribution in [0.15, 0.2) is 0 Å². The predicted molar refractivity (Wildman–Crippen MR) is 53.0 cm³/mol. The van der Waals surface area contributed by atoms with E-state index in [9.17, 15) is 4.79 Å². The van der Waals surface area contributed by atoms with Gasteiger partial charge >= 0.3 is 0 Å². The number of likely N-dealkylation sites (N-methyl/N-ethyl adjacent to an activating group) is 1. The summed E-state index contributed by atoms with van der Waals surface area (Å²) >= 11 is 0. The van der Waals surface area contributed by atoms with Gasteiger partial charge in [0.2, 0.25) is 5.91 Å². The number of nitrogens with zero attached hydrogens (tertiary/aromatic N) is 1. The summed E-state index contributed by atoms with van der Waals surface area (Å²) in [6, 6.07) is 0.464. The molecule has 0 aromatic carbocycles. The Morgan fingerprint density at radius 2 is 2.29 bits per heavy atom. The normalized spacial score (nSPS) is 39.0. The third kappa shape index (κ3) is 1.53. The van der Waals surface area contributed by atoms with Gasteiger partial charge in [-0.05, 0) is 26.3 Å². The second-order valence-electron chi connectivity index (χ2n) is 4.20. The van der Waals surface area contributed by atoms with Gasteiger partial charge in [-0.2, -0.15) is 0 Å². The van der Waals surface area contributed by atoms with Crippen molar-refractivity contribution in [3.05, 3.63) is 0 Å². The van der Waals surface area contributed by atoms with Gasteiger partial charge in [-0.3, -0.25) is 9.69 Å². The number of piperidine rings is 1. The Bertz CT molecular complexity index is 232. The Balaban J connectivity index is 2.20. The molecular weight excluding hydrogens is 180 g/mol. The molecule has 0 aromatic heterocycles. The molecule has 14 heavy (non-hydrogen) atoms. The highest BCUT2D eigenvalue weighted by Crippen LogP contribution is 2.26. The lowest BCUT2D eigenvalue weighted by Crippen LogP contribution is -2.51. The van der Waals surface area contributed by atoms with Crippen LogP contribution < -0.4 is 5.32 Å². The van der Waals surface area contributed by atoms with E-state index >= 15 is 0 Å². The smallest absolute Gasteiger partial charge is 0.237 e. The highest BCUT2D eigenvalue weighted by molar-refractivity contribution is 5.82. The van der Waals surface area contributed by atoms with Crippen LogP contribution in [0.4, 0.5) is 0 Å². The Kier molecular flexibility index (Phi) is 2.74. The molecule has 80 valence electrons. The van der Waals surface area contributed by atoms with Gasteiger partial charge in [0.15, 0.2) is 0 Å². The highest BCUT2D eigenvalue weighted by Gasteiger charge is 2.39. The fourth-order valence-electron chi connectivity index (χ4n) is 2.62. The van der Waals surface area contributed by atoms with E-state index in [1.807, 2.05) is 7.05 Å². The quantitative estimate of drug-likeness (QED) is 0.644. The molecule has 2 fully saturated rings. The molecule has 0 saturated carbocycles. The number of carbonyl (C=O) groups excluding carboxylic acids is 1. The first-order chi connectivity index (χ1) is 6.74. The van der Waals surface area contributed by atoms with Crippen molar-refractivity contribution < 1.29 is 9.53 Å². The van der Waals surface area contributed by atoms with Gasteiger partial charge in [0, 0.05) is 19.7 Å². The monoisotopic (exact) mass is 198 g/mol. The molecule has 2 rings (SSSR count). The molecule has 0 aromatic rings. The van der Waals surface area contributed by atoms with E-state index in [1.165, 1.54) is 0 Å². The summed E-state index contributed by atoms with van der Waals surface area (Å²) < 4.78 is 5.42. The van der Waals surface area contributed by atoms with Crippen molar-refractivity contribution in [1.82, 2.24) is 10.2 Å². The van der Waals surface area contributed by atoms with Crippen LogP contribution in [0.25, 0.3) is 0 Å². The molecule has 3 unspecified atom stereocenters. The number of nitrogens with one attached hydrogen (secondary N) is 1. The molecule has 4 nitrogen and oxygen atoms in total. The lowest BCUT2D eigenvalue weighted by molar-refractivity contribution is -0.126. The second-order valence-corrected chi connectivity index (χ2v) is 4.20. The molecule has 2 heterocycles. The van der Waals surface area contributed by atoms with Crippen LogP contribution in [0.2, 0.25) is 0 Å². The van der Waals surface area contributed by atoms with E-state index in [0.717, 1.165) is 19.3 Å². The SMILES string of the molecule is COC1CNC(=O)C2CCCC1N2C. The van der Waals surface area contributed by atoms with E-state index in [1.54, 1.807) is 7.11 Å². The summed E-state index contributed by atoms with van der Waals surface area (Å²) in [7, 11) is 3.75. The van der Waals surface area contributed by atoms with Gasteiger partial charge < -0.3 is 10.1 Å². The summed E-state index contributed by atoms with van der Waals surface area (Å²) in [5.74, 6) is 0.164. The summed E-state index contributed by atoms with van der Waals surface area (Å²) in [5.41, 5.74) is 0. The molecule has 3 atom stereocenters. The van der Waals surface area contributed by atoms with Gasteiger partial charge in [0.1, 0.15) is 0 Å². The molecule has 1 N–H and O–H groups in total. The minimum atomic E-state index is 0.0638. The zero-order chi connectivity index (χ0) is 10.1. The number of rotatable bonds is 1. The minimum Gasteiger partial charge on any atom is -0.378 e. The first-order valence-electron chi connectivity index (χ1n) is 5.26. The standard InChI is InChI=1S/C10H18N2O2/c1-12-7-4-3-5-8(12)10(13)11-6-9(7)14-2/h7-9H,3-6H2,1-2H3,(H,11,13). The first-order valence-corrected chi connectivity index (χ1v) is 5.26. The third-order valence-electron chi connectivity index (χ3n) is 3.50. The molecular formula is C10H18N2O2. The number of hydrogen-bond acceptors (Lipinski definition) is 3. The fourth-order valence-corrected chi connectivity index (χ4v) is 2.62. The fraction of sp³-hybridized carbons (Fsp3) is 0.900. The average molecular weight is 198 g/mol. The average Bonchev–Trinajstić information content (AvgIpc) is 2.26. The van der Waals surface area contributed by atoms with Crippen LogP contribution >= 0.6 is 0 Å². The largest absolute Gasteiger partial charge is 0.378 e. The van der Waals surface area contributed by atoms with Gasteiger partial charge in [0.05, 0.1) is 12.1 Å². The van der Waals surface area contributed by atoms with Gasteiger partial charge in [-0.15, -0.1) is 0 Å². The van der Waals surface area contributed by atoms with Crippen molar-refractivity contribution in [2.45, 2.75) is 37.5 Å². The van der Waals surface area contributed by atoms with Crippen LogP contribution in [0.5, 0.6) is 0 Å². The van der Waals surface area contributed by atoms with E-state index < -0.39 is 0 Å². The Morgan fingerprint density at radius 1 is 1.50 bits per heavy atom. The summed E-state index contributed by atoms with van der Waals surface area (Å²) in [5, 5.41) is 2.94. The van der Waals surface area contributed by atoms with E-state index in [-0.39, 0.29) is 18.1 Å². The van der Waals surface area contributed by atoms with E-state index in [2.05, 4.69) is 10.2 Å². The highest BCUT2D eigenvalue weighted by atomic mass is 16.5. The number of carbonyl (C=O) groups is 1. The maximum Gasteiger partial charge on any atom is 0.237 e. The van der Waals surface area contributed by atoms with Crippen LogP contribution in [-0.4, -0.2) is 49.7 Å². The van der Waals surface area contributed by atoms with Gasteiger partial charge in [-0.25, -0.2) is 0 Å².